The molecule has 0 saturated carbocycles. The Kier molecular flexibility index (Phi) is 5.90. The van der Waals surface area contributed by atoms with Crippen molar-refractivity contribution in [3.8, 4) is 0 Å². The van der Waals surface area contributed by atoms with E-state index in [1.165, 1.54) is 10.2 Å². The standard InChI is InChI=1S/C25H28N6O/c1-5-16(4)28-25(32)21-22-24(30-20-9-7-6-8-19(20)29-22)31(23(21)26)27-14-17-10-12-18(13-11-17)15(2)3/h6-16H,5,26H2,1-4H3,(H,28,32)/b27-14+. The maximum atomic E-state index is 13.0. The Bertz CT molecular complexity index is 1300. The van der Waals surface area contributed by atoms with E-state index in [0.29, 0.717) is 33.7 Å². The number of nitrogens with zero attached hydrogens (tertiary/aromatic N) is 4. The van der Waals surface area contributed by atoms with Crippen LogP contribution in [0.5, 0.6) is 0 Å². The van der Waals surface area contributed by atoms with E-state index in [4.69, 9.17) is 15.7 Å². The minimum absolute atomic E-state index is 0.0108. The van der Waals surface area contributed by atoms with Gasteiger partial charge in [0.25, 0.3) is 5.91 Å². The molecule has 164 valence electrons. The number of para-hydroxylation sites is 2. The first-order chi connectivity index (χ1) is 15.4. The number of benzene rings is 2. The van der Waals surface area contributed by atoms with Crippen LogP contribution in [-0.2, 0) is 0 Å². The lowest BCUT2D eigenvalue weighted by atomic mass is 10.0. The molecule has 0 spiro atoms. The first-order valence-corrected chi connectivity index (χ1v) is 10.9. The molecule has 2 heterocycles. The van der Waals surface area contributed by atoms with E-state index in [2.05, 4.69) is 36.4 Å². The second-order valence-electron chi connectivity index (χ2n) is 8.31. The molecule has 0 fully saturated rings. The Morgan fingerprint density at radius 3 is 2.38 bits per heavy atom. The van der Waals surface area contributed by atoms with Gasteiger partial charge in [0.05, 0.1) is 17.2 Å². The lowest BCUT2D eigenvalue weighted by Crippen LogP contribution is -2.32. The Labute approximate surface area is 187 Å². The van der Waals surface area contributed by atoms with Crippen LogP contribution in [0.1, 0.15) is 61.5 Å². The zero-order chi connectivity index (χ0) is 22.8. The van der Waals surface area contributed by atoms with Crippen LogP contribution in [0.3, 0.4) is 0 Å². The van der Waals surface area contributed by atoms with Gasteiger partial charge >= 0.3 is 0 Å². The predicted octanol–water partition coefficient (Wildman–Crippen LogP) is 4.70. The van der Waals surface area contributed by atoms with Crippen LogP contribution in [0.15, 0.2) is 53.6 Å². The van der Waals surface area contributed by atoms with Gasteiger partial charge in [-0.15, -0.1) is 0 Å². The molecule has 32 heavy (non-hydrogen) atoms. The first-order valence-electron chi connectivity index (χ1n) is 10.9. The number of carbonyl (C=O) groups excluding carboxylic acids is 1. The maximum Gasteiger partial charge on any atom is 0.257 e. The van der Waals surface area contributed by atoms with Gasteiger partial charge in [-0.25, -0.2) is 9.97 Å². The van der Waals surface area contributed by atoms with Crippen molar-refractivity contribution in [3.63, 3.8) is 0 Å². The topological polar surface area (TPSA) is 98.2 Å². The molecule has 0 bridgehead atoms. The predicted molar refractivity (Wildman–Crippen MR) is 130 cm³/mol. The van der Waals surface area contributed by atoms with Gasteiger partial charge in [-0.3, -0.25) is 4.79 Å². The lowest BCUT2D eigenvalue weighted by molar-refractivity contribution is 0.0941. The first kappa shape index (κ1) is 21.5. The van der Waals surface area contributed by atoms with Crippen molar-refractivity contribution >= 4 is 40.1 Å². The van der Waals surface area contributed by atoms with Crippen molar-refractivity contribution < 1.29 is 4.79 Å². The molecule has 0 aliphatic rings. The number of aromatic nitrogens is 3. The number of carbonyl (C=O) groups is 1. The molecule has 1 atom stereocenters. The van der Waals surface area contributed by atoms with Crippen molar-refractivity contribution in [1.29, 1.82) is 0 Å². The minimum atomic E-state index is -0.276. The van der Waals surface area contributed by atoms with Crippen LogP contribution in [0.4, 0.5) is 5.82 Å². The average molecular weight is 429 g/mol. The van der Waals surface area contributed by atoms with Crippen molar-refractivity contribution in [2.45, 2.75) is 46.1 Å². The van der Waals surface area contributed by atoms with Crippen LogP contribution in [0.25, 0.3) is 22.2 Å². The molecule has 4 rings (SSSR count). The Balaban J connectivity index is 1.84. The molecule has 1 unspecified atom stereocenters. The molecule has 4 aromatic rings. The molecule has 2 aromatic carbocycles. The zero-order valence-corrected chi connectivity index (χ0v) is 18.8. The van der Waals surface area contributed by atoms with Crippen LogP contribution in [-0.4, -0.2) is 32.8 Å². The summed E-state index contributed by atoms with van der Waals surface area (Å²) in [7, 11) is 0. The summed E-state index contributed by atoms with van der Waals surface area (Å²) in [6, 6.07) is 15.7. The second-order valence-corrected chi connectivity index (χ2v) is 8.31. The molecular weight excluding hydrogens is 400 g/mol. The number of nitrogen functional groups attached to an aromatic ring is 1. The monoisotopic (exact) mass is 428 g/mol. The maximum absolute atomic E-state index is 13.0. The molecule has 1 amide bonds. The molecule has 7 nitrogen and oxygen atoms in total. The number of fused-ring (bicyclic) bond motifs is 2. The molecule has 0 saturated heterocycles. The van der Waals surface area contributed by atoms with Crippen molar-refractivity contribution in [2.75, 3.05) is 5.73 Å². The number of hydrogen-bond donors (Lipinski definition) is 2. The highest BCUT2D eigenvalue weighted by molar-refractivity contribution is 6.10. The summed E-state index contributed by atoms with van der Waals surface area (Å²) in [6.07, 6.45) is 2.52. The highest BCUT2D eigenvalue weighted by Crippen LogP contribution is 2.28. The van der Waals surface area contributed by atoms with Crippen molar-refractivity contribution in [3.05, 3.63) is 65.2 Å². The van der Waals surface area contributed by atoms with Gasteiger partial charge in [0, 0.05) is 6.04 Å². The fourth-order valence-electron chi connectivity index (χ4n) is 3.48. The smallest absolute Gasteiger partial charge is 0.257 e. The lowest BCUT2D eigenvalue weighted by Gasteiger charge is -2.11. The average Bonchev–Trinajstić information content (AvgIpc) is 3.06. The number of rotatable bonds is 6. The zero-order valence-electron chi connectivity index (χ0n) is 18.8. The molecule has 3 N–H and O–H groups in total. The SMILES string of the molecule is CCC(C)NC(=O)c1c(N)n(/N=C/c2ccc(C(C)C)cc2)c2nc3ccccc3nc12. The van der Waals surface area contributed by atoms with E-state index in [-0.39, 0.29) is 17.8 Å². The quantitative estimate of drug-likeness (QED) is 0.435. The van der Waals surface area contributed by atoms with E-state index in [0.717, 1.165) is 12.0 Å². The normalized spacial score (nSPS) is 12.8. The number of amides is 1. The summed E-state index contributed by atoms with van der Waals surface area (Å²) in [4.78, 5) is 22.5. The summed E-state index contributed by atoms with van der Waals surface area (Å²) in [5, 5.41) is 7.55. The Hall–Kier alpha value is -3.74. The van der Waals surface area contributed by atoms with E-state index in [9.17, 15) is 4.79 Å². The van der Waals surface area contributed by atoms with Crippen LogP contribution in [0.2, 0.25) is 0 Å². The summed E-state index contributed by atoms with van der Waals surface area (Å²) < 4.78 is 1.50. The summed E-state index contributed by atoms with van der Waals surface area (Å²) >= 11 is 0. The van der Waals surface area contributed by atoms with E-state index in [1.54, 1.807) is 6.21 Å². The third-order valence-electron chi connectivity index (χ3n) is 5.62. The number of nitrogens with two attached hydrogens (primary N) is 1. The van der Waals surface area contributed by atoms with Gasteiger partial charge in [-0.2, -0.15) is 9.78 Å². The van der Waals surface area contributed by atoms with Gasteiger partial charge in [0.1, 0.15) is 16.9 Å². The van der Waals surface area contributed by atoms with Crippen LogP contribution < -0.4 is 11.1 Å². The van der Waals surface area contributed by atoms with Crippen molar-refractivity contribution in [1.82, 2.24) is 20.0 Å². The van der Waals surface area contributed by atoms with E-state index in [1.807, 2.05) is 50.2 Å². The molecule has 0 aliphatic heterocycles. The number of hydrogen-bond acceptors (Lipinski definition) is 5. The Morgan fingerprint density at radius 1 is 1.09 bits per heavy atom. The van der Waals surface area contributed by atoms with Gasteiger partial charge in [-0.05, 0) is 42.5 Å². The summed E-state index contributed by atoms with van der Waals surface area (Å²) in [5.74, 6) is 0.396. The van der Waals surface area contributed by atoms with Gasteiger partial charge in [0.2, 0.25) is 0 Å². The number of nitrogens with one attached hydrogen (secondary N) is 1. The third-order valence-corrected chi connectivity index (χ3v) is 5.62. The molecular formula is C25H28N6O. The highest BCUT2D eigenvalue weighted by Gasteiger charge is 2.24. The van der Waals surface area contributed by atoms with Crippen molar-refractivity contribution in [2.24, 2.45) is 5.10 Å². The summed E-state index contributed by atoms with van der Waals surface area (Å²) in [5.41, 5.74) is 11.2. The molecule has 0 radical (unpaired) electrons. The fraction of sp³-hybridized carbons (Fsp3) is 0.280. The highest BCUT2D eigenvalue weighted by atomic mass is 16.1. The van der Waals surface area contributed by atoms with E-state index >= 15 is 0 Å². The fourth-order valence-corrected chi connectivity index (χ4v) is 3.48. The van der Waals surface area contributed by atoms with Gasteiger partial charge in [0.15, 0.2) is 5.65 Å². The van der Waals surface area contributed by atoms with Gasteiger partial charge in [-0.1, -0.05) is 57.2 Å². The molecule has 0 aliphatic carbocycles. The van der Waals surface area contributed by atoms with Crippen LogP contribution in [0, 0.1) is 0 Å². The number of anilines is 1. The van der Waals surface area contributed by atoms with Crippen LogP contribution >= 0.6 is 0 Å². The minimum Gasteiger partial charge on any atom is -0.383 e. The molecule has 2 aromatic heterocycles. The summed E-state index contributed by atoms with van der Waals surface area (Å²) in [6.45, 7) is 8.28. The Morgan fingerprint density at radius 2 is 1.75 bits per heavy atom. The second kappa shape index (κ2) is 8.78. The van der Waals surface area contributed by atoms with Gasteiger partial charge < -0.3 is 11.1 Å². The van der Waals surface area contributed by atoms with E-state index < -0.39 is 0 Å². The molecule has 7 heteroatoms. The third kappa shape index (κ3) is 4.06. The largest absolute Gasteiger partial charge is 0.383 e.